The first-order chi connectivity index (χ1) is 9.63. The second-order valence-electron chi connectivity index (χ2n) is 5.66. The highest BCUT2D eigenvalue weighted by Gasteiger charge is 2.29. The van der Waals surface area contributed by atoms with Crippen LogP contribution in [0.15, 0.2) is 22.7 Å². The molecular formula is C16H24BrFN2. The Hall–Kier alpha value is -0.450. The zero-order valence-corrected chi connectivity index (χ0v) is 13.9. The molecule has 1 aliphatic heterocycles. The fraction of sp³-hybridized carbons (Fsp3) is 0.625. The molecule has 0 aromatic heterocycles. The normalized spacial score (nSPS) is 24.6. The molecule has 0 radical (unpaired) electrons. The van der Waals surface area contributed by atoms with Gasteiger partial charge in [0, 0.05) is 6.04 Å². The number of rotatable bonds is 4. The maximum absolute atomic E-state index is 13.9. The number of halogens is 2. The van der Waals surface area contributed by atoms with Crippen LogP contribution in [0.1, 0.15) is 37.8 Å². The number of hydrogen-bond donors (Lipinski definition) is 1. The Morgan fingerprint density at radius 2 is 2.20 bits per heavy atom. The molecule has 0 aliphatic carbocycles. The van der Waals surface area contributed by atoms with Crippen molar-refractivity contribution in [2.75, 3.05) is 26.7 Å². The lowest BCUT2D eigenvalue weighted by Crippen LogP contribution is -2.35. The van der Waals surface area contributed by atoms with E-state index < -0.39 is 0 Å². The predicted octanol–water partition coefficient (Wildman–Crippen LogP) is 3.97. The molecule has 0 bridgehead atoms. The zero-order valence-electron chi connectivity index (χ0n) is 12.3. The van der Waals surface area contributed by atoms with Crippen LogP contribution >= 0.6 is 15.9 Å². The summed E-state index contributed by atoms with van der Waals surface area (Å²) in [7, 11) is 2.16. The van der Waals surface area contributed by atoms with Gasteiger partial charge in [-0.15, -0.1) is 0 Å². The first-order valence-corrected chi connectivity index (χ1v) is 8.28. The van der Waals surface area contributed by atoms with Crippen molar-refractivity contribution in [3.8, 4) is 0 Å². The minimum atomic E-state index is -0.164. The van der Waals surface area contributed by atoms with Crippen molar-refractivity contribution in [2.24, 2.45) is 5.92 Å². The molecular weight excluding hydrogens is 319 g/mol. The highest BCUT2D eigenvalue weighted by molar-refractivity contribution is 9.10. The summed E-state index contributed by atoms with van der Waals surface area (Å²) in [5, 5.41) is 3.46. The minimum absolute atomic E-state index is 0.164. The van der Waals surface area contributed by atoms with Crippen LogP contribution in [0, 0.1) is 11.7 Å². The number of benzene rings is 1. The zero-order chi connectivity index (χ0) is 14.5. The van der Waals surface area contributed by atoms with Gasteiger partial charge < -0.3 is 5.32 Å². The molecule has 0 spiro atoms. The Balaban J connectivity index is 2.26. The predicted molar refractivity (Wildman–Crippen MR) is 85.4 cm³/mol. The molecule has 2 nitrogen and oxygen atoms in total. The van der Waals surface area contributed by atoms with E-state index in [4.69, 9.17) is 0 Å². The van der Waals surface area contributed by atoms with Gasteiger partial charge in [-0.2, -0.15) is 0 Å². The van der Waals surface area contributed by atoms with Crippen molar-refractivity contribution in [1.29, 1.82) is 0 Å². The van der Waals surface area contributed by atoms with Gasteiger partial charge in [0.25, 0.3) is 0 Å². The molecule has 2 unspecified atom stereocenters. The number of hydrogen-bond acceptors (Lipinski definition) is 2. The van der Waals surface area contributed by atoms with E-state index in [9.17, 15) is 4.39 Å². The average Bonchev–Trinajstić information content (AvgIpc) is 2.61. The molecule has 2 atom stereocenters. The smallest absolute Gasteiger partial charge is 0.137 e. The van der Waals surface area contributed by atoms with Crippen LogP contribution in [-0.2, 0) is 0 Å². The standard InChI is InChI=1S/C16H24BrFN2/c1-3-19-11-13-6-4-5-9-20(2)16(13)12-7-8-14(17)15(18)10-12/h7-8,10,13,16,19H,3-6,9,11H2,1-2H3. The third-order valence-electron chi connectivity index (χ3n) is 4.20. The van der Waals surface area contributed by atoms with E-state index in [1.807, 2.05) is 6.07 Å². The maximum atomic E-state index is 13.9. The number of nitrogens with zero attached hydrogens (tertiary/aromatic N) is 1. The fourth-order valence-electron chi connectivity index (χ4n) is 3.19. The van der Waals surface area contributed by atoms with E-state index in [2.05, 4.69) is 46.2 Å². The first kappa shape index (κ1) is 15.9. The van der Waals surface area contributed by atoms with Gasteiger partial charge in [-0.3, -0.25) is 4.90 Å². The van der Waals surface area contributed by atoms with Crippen LogP contribution < -0.4 is 5.32 Å². The largest absolute Gasteiger partial charge is 0.317 e. The van der Waals surface area contributed by atoms with Crippen LogP contribution in [0.5, 0.6) is 0 Å². The van der Waals surface area contributed by atoms with E-state index >= 15 is 0 Å². The summed E-state index contributed by atoms with van der Waals surface area (Å²) in [4.78, 5) is 2.39. The van der Waals surface area contributed by atoms with Crippen LogP contribution in [0.25, 0.3) is 0 Å². The molecule has 0 amide bonds. The summed E-state index contributed by atoms with van der Waals surface area (Å²) < 4.78 is 14.4. The summed E-state index contributed by atoms with van der Waals surface area (Å²) in [6.07, 6.45) is 3.70. The second kappa shape index (κ2) is 7.53. The summed E-state index contributed by atoms with van der Waals surface area (Å²) in [5.74, 6) is 0.380. The molecule has 2 rings (SSSR count). The van der Waals surface area contributed by atoms with Gasteiger partial charge in [-0.1, -0.05) is 19.4 Å². The van der Waals surface area contributed by atoms with E-state index in [-0.39, 0.29) is 5.82 Å². The molecule has 0 saturated carbocycles. The van der Waals surface area contributed by atoms with Gasteiger partial charge in [-0.25, -0.2) is 4.39 Å². The molecule has 1 heterocycles. The molecule has 1 aromatic carbocycles. The van der Waals surface area contributed by atoms with Crippen molar-refractivity contribution in [3.05, 3.63) is 34.1 Å². The Bertz CT molecular complexity index is 438. The van der Waals surface area contributed by atoms with Crippen molar-refractivity contribution in [1.82, 2.24) is 10.2 Å². The molecule has 4 heteroatoms. The fourth-order valence-corrected chi connectivity index (χ4v) is 3.44. The van der Waals surface area contributed by atoms with Gasteiger partial charge >= 0.3 is 0 Å². The van der Waals surface area contributed by atoms with E-state index in [1.165, 1.54) is 19.3 Å². The van der Waals surface area contributed by atoms with Crippen LogP contribution in [0.3, 0.4) is 0 Å². The Morgan fingerprint density at radius 3 is 2.90 bits per heavy atom. The van der Waals surface area contributed by atoms with E-state index in [1.54, 1.807) is 6.07 Å². The summed E-state index contributed by atoms with van der Waals surface area (Å²) in [6.45, 7) is 5.21. The van der Waals surface area contributed by atoms with Crippen molar-refractivity contribution < 1.29 is 4.39 Å². The lowest BCUT2D eigenvalue weighted by atomic mass is 9.89. The van der Waals surface area contributed by atoms with Crippen LogP contribution in [-0.4, -0.2) is 31.6 Å². The lowest BCUT2D eigenvalue weighted by molar-refractivity contribution is 0.189. The van der Waals surface area contributed by atoms with Gasteiger partial charge in [0.1, 0.15) is 5.82 Å². The van der Waals surface area contributed by atoms with Crippen LogP contribution in [0.4, 0.5) is 4.39 Å². The molecule has 1 aliphatic rings. The van der Waals surface area contributed by atoms with Crippen molar-refractivity contribution in [2.45, 2.75) is 32.2 Å². The quantitative estimate of drug-likeness (QED) is 0.890. The van der Waals surface area contributed by atoms with Gasteiger partial charge in [0.15, 0.2) is 0 Å². The van der Waals surface area contributed by atoms with E-state index in [0.29, 0.717) is 16.4 Å². The van der Waals surface area contributed by atoms with Crippen molar-refractivity contribution in [3.63, 3.8) is 0 Å². The summed E-state index contributed by atoms with van der Waals surface area (Å²) in [6, 6.07) is 5.88. The third-order valence-corrected chi connectivity index (χ3v) is 4.84. The first-order valence-electron chi connectivity index (χ1n) is 7.49. The third kappa shape index (κ3) is 3.80. The summed E-state index contributed by atoms with van der Waals surface area (Å²) in [5.41, 5.74) is 1.10. The second-order valence-corrected chi connectivity index (χ2v) is 6.52. The van der Waals surface area contributed by atoms with Gasteiger partial charge in [0.05, 0.1) is 4.47 Å². The molecule has 112 valence electrons. The SMILES string of the molecule is CCNCC1CCCCN(C)C1c1ccc(Br)c(F)c1. The Kier molecular flexibility index (Phi) is 6.00. The maximum Gasteiger partial charge on any atom is 0.137 e. The molecule has 20 heavy (non-hydrogen) atoms. The minimum Gasteiger partial charge on any atom is -0.317 e. The monoisotopic (exact) mass is 342 g/mol. The average molecular weight is 343 g/mol. The van der Waals surface area contributed by atoms with Crippen molar-refractivity contribution >= 4 is 15.9 Å². The van der Waals surface area contributed by atoms with Crippen LogP contribution in [0.2, 0.25) is 0 Å². The lowest BCUT2D eigenvalue weighted by Gasteiger charge is -2.33. The highest BCUT2D eigenvalue weighted by atomic mass is 79.9. The Morgan fingerprint density at radius 1 is 1.40 bits per heavy atom. The molecule has 1 aromatic rings. The number of nitrogens with one attached hydrogen (secondary N) is 1. The van der Waals surface area contributed by atoms with E-state index in [0.717, 1.165) is 25.2 Å². The van der Waals surface area contributed by atoms with Gasteiger partial charge in [0.2, 0.25) is 0 Å². The van der Waals surface area contributed by atoms with Gasteiger partial charge in [-0.05, 0) is 79.1 Å². The Labute approximate surface area is 129 Å². The summed E-state index contributed by atoms with van der Waals surface area (Å²) >= 11 is 3.24. The molecule has 1 N–H and O–H groups in total. The molecule has 1 saturated heterocycles. The highest BCUT2D eigenvalue weighted by Crippen LogP contribution is 2.35. The topological polar surface area (TPSA) is 15.3 Å². The molecule has 1 fully saturated rings. The number of likely N-dealkylation sites (tertiary alicyclic amines) is 1.